The van der Waals surface area contributed by atoms with E-state index in [9.17, 15) is 9.59 Å². The summed E-state index contributed by atoms with van der Waals surface area (Å²) in [4.78, 5) is 23.1. The number of aromatic nitrogens is 1. The van der Waals surface area contributed by atoms with Gasteiger partial charge < -0.3 is 15.0 Å². The molecule has 2 N–H and O–H groups in total. The third-order valence-corrected chi connectivity index (χ3v) is 3.43. The summed E-state index contributed by atoms with van der Waals surface area (Å²) in [7, 11) is 0. The molecule has 0 spiro atoms. The molecule has 0 saturated heterocycles. The van der Waals surface area contributed by atoms with Crippen molar-refractivity contribution in [2.75, 3.05) is 0 Å². The van der Waals surface area contributed by atoms with Crippen LogP contribution in [0.2, 0.25) is 0 Å². The first-order valence-corrected chi connectivity index (χ1v) is 7.01. The lowest BCUT2D eigenvalue weighted by atomic mass is 10.1. The molecular formula is C17H14N2O4. The van der Waals surface area contributed by atoms with Gasteiger partial charge in [0.1, 0.15) is 5.52 Å². The smallest absolute Gasteiger partial charge is 0.338 e. The predicted octanol–water partition coefficient (Wildman–Crippen LogP) is 2.53. The second-order valence-corrected chi connectivity index (χ2v) is 5.06. The van der Waals surface area contributed by atoms with Crippen LogP contribution in [0.15, 0.2) is 53.1 Å². The zero-order valence-corrected chi connectivity index (χ0v) is 12.4. The van der Waals surface area contributed by atoms with Gasteiger partial charge in [-0.15, -0.1) is 0 Å². The lowest BCUT2D eigenvalue weighted by Gasteiger charge is -2.09. The molecule has 0 unspecified atom stereocenters. The molecule has 0 aliphatic rings. The van der Waals surface area contributed by atoms with Gasteiger partial charge in [-0.2, -0.15) is 0 Å². The van der Waals surface area contributed by atoms with Gasteiger partial charge in [0.2, 0.25) is 0 Å². The Kier molecular flexibility index (Phi) is 3.80. The number of amides is 1. The molecule has 6 nitrogen and oxygen atoms in total. The molecule has 0 fully saturated rings. The van der Waals surface area contributed by atoms with E-state index in [1.54, 1.807) is 18.2 Å². The van der Waals surface area contributed by atoms with Gasteiger partial charge in [-0.05, 0) is 25.1 Å². The SMILES string of the molecule is C[C@H](OC(=O)c1ccc2noc(-c3ccccc3)c2c1)C(N)=O. The quantitative estimate of drug-likeness (QED) is 0.747. The van der Waals surface area contributed by atoms with E-state index < -0.39 is 18.0 Å². The van der Waals surface area contributed by atoms with E-state index in [2.05, 4.69) is 5.16 Å². The van der Waals surface area contributed by atoms with Gasteiger partial charge in [-0.3, -0.25) is 4.79 Å². The maximum absolute atomic E-state index is 12.1. The van der Waals surface area contributed by atoms with Crippen molar-refractivity contribution in [3.8, 4) is 11.3 Å². The minimum absolute atomic E-state index is 0.297. The average Bonchev–Trinajstić information content (AvgIpc) is 2.98. The highest BCUT2D eigenvalue weighted by Crippen LogP contribution is 2.29. The number of ether oxygens (including phenoxy) is 1. The molecule has 3 rings (SSSR count). The highest BCUT2D eigenvalue weighted by atomic mass is 16.5. The Morgan fingerprint density at radius 2 is 1.91 bits per heavy atom. The monoisotopic (exact) mass is 310 g/mol. The topological polar surface area (TPSA) is 95.4 Å². The van der Waals surface area contributed by atoms with E-state index in [-0.39, 0.29) is 0 Å². The van der Waals surface area contributed by atoms with Crippen LogP contribution in [0.25, 0.3) is 22.2 Å². The Morgan fingerprint density at radius 3 is 2.61 bits per heavy atom. The summed E-state index contributed by atoms with van der Waals surface area (Å²) in [6.07, 6.45) is -0.991. The van der Waals surface area contributed by atoms with Crippen molar-refractivity contribution >= 4 is 22.8 Å². The molecule has 3 aromatic rings. The lowest BCUT2D eigenvalue weighted by Crippen LogP contribution is -2.30. The van der Waals surface area contributed by atoms with Crippen molar-refractivity contribution in [2.24, 2.45) is 5.73 Å². The van der Waals surface area contributed by atoms with Crippen LogP contribution in [0.4, 0.5) is 0 Å². The number of primary amides is 1. The number of carbonyl (C=O) groups is 2. The van der Waals surface area contributed by atoms with E-state index in [1.807, 2.05) is 30.3 Å². The zero-order valence-electron chi connectivity index (χ0n) is 12.4. The molecule has 116 valence electrons. The molecule has 0 saturated carbocycles. The Labute approximate surface area is 131 Å². The van der Waals surface area contributed by atoms with E-state index >= 15 is 0 Å². The molecule has 6 heteroatoms. The van der Waals surface area contributed by atoms with Gasteiger partial charge in [0.05, 0.1) is 10.9 Å². The fourth-order valence-electron chi connectivity index (χ4n) is 2.15. The molecule has 0 aliphatic heterocycles. The first-order chi connectivity index (χ1) is 11.1. The molecule has 2 aromatic carbocycles. The number of benzene rings is 2. The van der Waals surface area contributed by atoms with Crippen LogP contribution < -0.4 is 5.73 Å². The Balaban J connectivity index is 1.98. The van der Waals surface area contributed by atoms with Gasteiger partial charge >= 0.3 is 5.97 Å². The van der Waals surface area contributed by atoms with Crippen LogP contribution in [-0.2, 0) is 9.53 Å². The number of nitrogens with two attached hydrogens (primary N) is 1. The highest BCUT2D eigenvalue weighted by Gasteiger charge is 2.18. The summed E-state index contributed by atoms with van der Waals surface area (Å²) in [5.74, 6) is -0.758. The first-order valence-electron chi connectivity index (χ1n) is 7.01. The van der Waals surface area contributed by atoms with Crippen molar-refractivity contribution in [1.29, 1.82) is 0 Å². The summed E-state index contributed by atoms with van der Waals surface area (Å²) in [5, 5.41) is 4.68. The Hall–Kier alpha value is -3.15. The number of rotatable bonds is 4. The van der Waals surface area contributed by atoms with E-state index in [0.29, 0.717) is 22.2 Å². The molecule has 23 heavy (non-hydrogen) atoms. The first kappa shape index (κ1) is 14.8. The Bertz CT molecular complexity index is 871. The maximum Gasteiger partial charge on any atom is 0.338 e. The van der Waals surface area contributed by atoms with Crippen LogP contribution in [0.5, 0.6) is 0 Å². The molecule has 0 bridgehead atoms. The number of fused-ring (bicyclic) bond motifs is 1. The normalized spacial score (nSPS) is 12.0. The lowest BCUT2D eigenvalue weighted by molar-refractivity contribution is -0.125. The molecule has 1 aromatic heterocycles. The highest BCUT2D eigenvalue weighted by molar-refractivity contribution is 5.99. The summed E-state index contributed by atoms with van der Waals surface area (Å²) in [6.45, 7) is 1.42. The fourth-order valence-corrected chi connectivity index (χ4v) is 2.15. The number of carbonyl (C=O) groups excluding carboxylic acids is 2. The summed E-state index contributed by atoms with van der Waals surface area (Å²) in [6, 6.07) is 14.3. The van der Waals surface area contributed by atoms with Gasteiger partial charge in [0, 0.05) is 5.56 Å². The molecule has 0 radical (unpaired) electrons. The molecule has 1 amide bonds. The van der Waals surface area contributed by atoms with Gasteiger partial charge in [0.15, 0.2) is 11.9 Å². The summed E-state index contributed by atoms with van der Waals surface area (Å²) < 4.78 is 10.4. The second kappa shape index (κ2) is 5.92. The van der Waals surface area contributed by atoms with Gasteiger partial charge in [-0.1, -0.05) is 35.5 Å². The predicted molar refractivity (Wildman–Crippen MR) is 83.5 cm³/mol. The van der Waals surface area contributed by atoms with Crippen molar-refractivity contribution in [1.82, 2.24) is 5.16 Å². The minimum atomic E-state index is -0.991. The van der Waals surface area contributed by atoms with Gasteiger partial charge in [-0.25, -0.2) is 4.79 Å². The Morgan fingerprint density at radius 1 is 1.17 bits per heavy atom. The van der Waals surface area contributed by atoms with Gasteiger partial charge in [0.25, 0.3) is 5.91 Å². The van der Waals surface area contributed by atoms with E-state index in [4.69, 9.17) is 15.0 Å². The number of nitrogens with zero attached hydrogens (tertiary/aromatic N) is 1. The van der Waals surface area contributed by atoms with Crippen molar-refractivity contribution in [3.63, 3.8) is 0 Å². The second-order valence-electron chi connectivity index (χ2n) is 5.06. The van der Waals surface area contributed by atoms with Crippen molar-refractivity contribution in [2.45, 2.75) is 13.0 Å². The van der Waals surface area contributed by atoms with Crippen molar-refractivity contribution < 1.29 is 18.8 Å². The number of hydrogen-bond donors (Lipinski definition) is 1. The third kappa shape index (κ3) is 2.91. The summed E-state index contributed by atoms with van der Waals surface area (Å²) in [5.41, 5.74) is 6.87. The van der Waals surface area contributed by atoms with Crippen LogP contribution >= 0.6 is 0 Å². The minimum Gasteiger partial charge on any atom is -0.449 e. The standard InChI is InChI=1S/C17H14N2O4/c1-10(16(18)20)22-17(21)12-7-8-14-13(9-12)15(23-19-14)11-5-3-2-4-6-11/h2-10H,1H3,(H2,18,20)/t10-/m0/s1. The van der Waals surface area contributed by atoms with Crippen LogP contribution in [0, 0.1) is 0 Å². The molecular weight excluding hydrogens is 296 g/mol. The zero-order chi connectivity index (χ0) is 16.4. The van der Waals surface area contributed by atoms with E-state index in [1.165, 1.54) is 6.92 Å². The van der Waals surface area contributed by atoms with Crippen LogP contribution in [0.1, 0.15) is 17.3 Å². The fraction of sp³-hybridized carbons (Fsp3) is 0.118. The molecule has 1 atom stereocenters. The largest absolute Gasteiger partial charge is 0.449 e. The van der Waals surface area contributed by atoms with Crippen LogP contribution in [0.3, 0.4) is 0 Å². The van der Waals surface area contributed by atoms with Crippen LogP contribution in [-0.4, -0.2) is 23.1 Å². The number of esters is 1. The van der Waals surface area contributed by atoms with Crippen molar-refractivity contribution in [3.05, 3.63) is 54.1 Å². The van der Waals surface area contributed by atoms with E-state index in [0.717, 1.165) is 5.56 Å². The maximum atomic E-state index is 12.1. The third-order valence-electron chi connectivity index (χ3n) is 3.43. The summed E-state index contributed by atoms with van der Waals surface area (Å²) >= 11 is 0. The number of hydrogen-bond acceptors (Lipinski definition) is 5. The average molecular weight is 310 g/mol. The molecule has 1 heterocycles. The molecule has 0 aliphatic carbocycles.